The highest BCUT2D eigenvalue weighted by Gasteiger charge is 2.35. The van der Waals surface area contributed by atoms with Gasteiger partial charge in [-0.3, -0.25) is 10.1 Å². The Morgan fingerprint density at radius 2 is 2.18 bits per heavy atom. The van der Waals surface area contributed by atoms with Crippen LogP contribution in [0.3, 0.4) is 0 Å². The van der Waals surface area contributed by atoms with Crippen LogP contribution in [0, 0.1) is 16.0 Å². The summed E-state index contributed by atoms with van der Waals surface area (Å²) in [5, 5.41) is 10.8. The number of sulfonamides is 1. The standard InChI is InChI=1S/C13H19N3O5S/c1-9(14)10-5-6-15(8-10)22(19,20)13-4-3-11(16(17)18)7-12(13)21-2/h3-4,7,9-10H,5-6,8,14H2,1-2H3. The van der Waals surface area contributed by atoms with E-state index in [-0.39, 0.29) is 28.3 Å². The lowest BCUT2D eigenvalue weighted by molar-refractivity contribution is -0.385. The minimum absolute atomic E-state index is 0.0292. The molecule has 0 saturated carbocycles. The summed E-state index contributed by atoms with van der Waals surface area (Å²) in [6.07, 6.45) is 0.701. The summed E-state index contributed by atoms with van der Waals surface area (Å²) in [5.41, 5.74) is 5.61. The fourth-order valence-electron chi connectivity index (χ4n) is 2.52. The molecule has 122 valence electrons. The molecule has 1 heterocycles. The van der Waals surface area contributed by atoms with Gasteiger partial charge in [0.25, 0.3) is 5.69 Å². The Labute approximate surface area is 129 Å². The minimum atomic E-state index is -3.76. The van der Waals surface area contributed by atoms with Crippen LogP contribution in [0.15, 0.2) is 23.1 Å². The zero-order valence-electron chi connectivity index (χ0n) is 12.4. The summed E-state index contributed by atoms with van der Waals surface area (Å²) < 4.78 is 31.8. The summed E-state index contributed by atoms with van der Waals surface area (Å²) >= 11 is 0. The molecule has 1 fully saturated rings. The van der Waals surface area contributed by atoms with Crippen molar-refractivity contribution in [2.45, 2.75) is 24.3 Å². The molecule has 1 aromatic carbocycles. The first kappa shape index (κ1) is 16.7. The first-order valence-corrected chi connectivity index (χ1v) is 8.29. The van der Waals surface area contributed by atoms with Crippen molar-refractivity contribution in [2.75, 3.05) is 20.2 Å². The van der Waals surface area contributed by atoms with Crippen molar-refractivity contribution in [3.8, 4) is 5.75 Å². The first-order chi connectivity index (χ1) is 10.3. The molecule has 2 atom stereocenters. The number of hydrogen-bond donors (Lipinski definition) is 1. The molecule has 8 nitrogen and oxygen atoms in total. The zero-order chi connectivity index (χ0) is 16.5. The number of nitrogens with two attached hydrogens (primary N) is 1. The molecule has 0 spiro atoms. The summed E-state index contributed by atoms with van der Waals surface area (Å²) in [6, 6.07) is 3.41. The van der Waals surface area contributed by atoms with Crippen molar-refractivity contribution in [3.05, 3.63) is 28.3 Å². The predicted octanol–water partition coefficient (Wildman–Crippen LogP) is 0.961. The molecule has 0 aliphatic carbocycles. The lowest BCUT2D eigenvalue weighted by Gasteiger charge is -2.19. The van der Waals surface area contributed by atoms with Crippen LogP contribution < -0.4 is 10.5 Å². The van der Waals surface area contributed by atoms with Crippen LogP contribution in [-0.4, -0.2) is 43.9 Å². The molecule has 1 aliphatic rings. The van der Waals surface area contributed by atoms with E-state index in [0.717, 1.165) is 12.1 Å². The van der Waals surface area contributed by atoms with E-state index in [2.05, 4.69) is 0 Å². The van der Waals surface area contributed by atoms with Gasteiger partial charge < -0.3 is 10.5 Å². The first-order valence-electron chi connectivity index (χ1n) is 6.85. The number of nitrogens with zero attached hydrogens (tertiary/aromatic N) is 2. The van der Waals surface area contributed by atoms with Gasteiger partial charge in [0.2, 0.25) is 10.0 Å². The molecule has 1 saturated heterocycles. The minimum Gasteiger partial charge on any atom is -0.495 e. The van der Waals surface area contributed by atoms with E-state index in [4.69, 9.17) is 10.5 Å². The fraction of sp³-hybridized carbons (Fsp3) is 0.538. The molecule has 0 amide bonds. The number of nitro benzene ring substituents is 1. The number of ether oxygens (including phenoxy) is 1. The van der Waals surface area contributed by atoms with Gasteiger partial charge >= 0.3 is 0 Å². The van der Waals surface area contributed by atoms with Crippen molar-refractivity contribution >= 4 is 15.7 Å². The second-order valence-corrected chi connectivity index (χ2v) is 7.27. The number of hydrogen-bond acceptors (Lipinski definition) is 6. The molecular formula is C13H19N3O5S. The highest BCUT2D eigenvalue weighted by atomic mass is 32.2. The maximum Gasteiger partial charge on any atom is 0.273 e. The second kappa shape index (κ2) is 6.19. The maximum absolute atomic E-state index is 12.7. The Hall–Kier alpha value is -1.71. The number of benzene rings is 1. The van der Waals surface area contributed by atoms with Gasteiger partial charge in [-0.15, -0.1) is 0 Å². The average Bonchev–Trinajstić information content (AvgIpc) is 2.97. The Balaban J connectivity index is 2.36. The smallest absolute Gasteiger partial charge is 0.273 e. The van der Waals surface area contributed by atoms with Gasteiger partial charge in [0.1, 0.15) is 10.6 Å². The zero-order valence-corrected chi connectivity index (χ0v) is 13.2. The van der Waals surface area contributed by atoms with Crippen LogP contribution in [-0.2, 0) is 10.0 Å². The highest BCUT2D eigenvalue weighted by molar-refractivity contribution is 7.89. The summed E-state index contributed by atoms with van der Waals surface area (Å²) in [4.78, 5) is 10.1. The molecule has 2 unspecified atom stereocenters. The Morgan fingerprint density at radius 3 is 2.68 bits per heavy atom. The van der Waals surface area contributed by atoms with Crippen LogP contribution in [0.5, 0.6) is 5.75 Å². The van der Waals surface area contributed by atoms with Gasteiger partial charge in [-0.1, -0.05) is 0 Å². The monoisotopic (exact) mass is 329 g/mol. The van der Waals surface area contributed by atoms with E-state index < -0.39 is 14.9 Å². The van der Waals surface area contributed by atoms with Crippen molar-refractivity contribution in [3.63, 3.8) is 0 Å². The number of rotatable bonds is 5. The Bertz CT molecular complexity index is 674. The van der Waals surface area contributed by atoms with E-state index in [0.29, 0.717) is 19.5 Å². The molecule has 22 heavy (non-hydrogen) atoms. The van der Waals surface area contributed by atoms with E-state index in [1.165, 1.54) is 17.5 Å². The van der Waals surface area contributed by atoms with Gasteiger partial charge in [-0.2, -0.15) is 4.31 Å². The second-order valence-electron chi connectivity index (χ2n) is 5.36. The van der Waals surface area contributed by atoms with E-state index in [1.807, 2.05) is 6.92 Å². The predicted molar refractivity (Wildman–Crippen MR) is 80.2 cm³/mol. The van der Waals surface area contributed by atoms with E-state index >= 15 is 0 Å². The normalized spacial score (nSPS) is 20.8. The van der Waals surface area contributed by atoms with Gasteiger partial charge in [-0.25, -0.2) is 8.42 Å². The van der Waals surface area contributed by atoms with Crippen molar-refractivity contribution < 1.29 is 18.1 Å². The third kappa shape index (κ3) is 3.06. The van der Waals surface area contributed by atoms with Crippen molar-refractivity contribution in [2.24, 2.45) is 11.7 Å². The van der Waals surface area contributed by atoms with Crippen molar-refractivity contribution in [1.82, 2.24) is 4.31 Å². The van der Waals surface area contributed by atoms with Gasteiger partial charge in [0.05, 0.1) is 18.1 Å². The van der Waals surface area contributed by atoms with E-state index in [1.54, 1.807) is 0 Å². The SMILES string of the molecule is COc1cc([N+](=O)[O-])ccc1S(=O)(=O)N1CCC(C(C)N)C1. The largest absolute Gasteiger partial charge is 0.495 e. The van der Waals surface area contributed by atoms with E-state index in [9.17, 15) is 18.5 Å². The number of methoxy groups -OCH3 is 1. The van der Waals surface area contributed by atoms with Gasteiger partial charge in [0, 0.05) is 25.2 Å². The van der Waals surface area contributed by atoms with Gasteiger partial charge in [0.15, 0.2) is 0 Å². The fourth-order valence-corrected chi connectivity index (χ4v) is 4.17. The van der Waals surface area contributed by atoms with Crippen LogP contribution in [0.25, 0.3) is 0 Å². The third-order valence-corrected chi connectivity index (χ3v) is 5.81. The summed E-state index contributed by atoms with van der Waals surface area (Å²) in [6.45, 7) is 2.59. The molecule has 1 aliphatic heterocycles. The molecular weight excluding hydrogens is 310 g/mol. The highest BCUT2D eigenvalue weighted by Crippen LogP contribution is 2.33. The molecule has 0 bridgehead atoms. The molecule has 0 aromatic heterocycles. The Morgan fingerprint density at radius 1 is 1.50 bits per heavy atom. The lowest BCUT2D eigenvalue weighted by Crippen LogP contribution is -2.33. The number of nitro groups is 1. The van der Waals surface area contributed by atoms with Gasteiger partial charge in [-0.05, 0) is 25.3 Å². The molecule has 1 aromatic rings. The average molecular weight is 329 g/mol. The molecule has 9 heteroatoms. The van der Waals surface area contributed by atoms with Crippen LogP contribution >= 0.6 is 0 Å². The molecule has 2 N–H and O–H groups in total. The molecule has 2 rings (SSSR count). The van der Waals surface area contributed by atoms with Crippen LogP contribution in [0.2, 0.25) is 0 Å². The number of non-ortho nitro benzene ring substituents is 1. The maximum atomic E-state index is 12.7. The molecule has 0 radical (unpaired) electrons. The van der Waals surface area contributed by atoms with Crippen LogP contribution in [0.4, 0.5) is 5.69 Å². The third-order valence-electron chi connectivity index (χ3n) is 3.91. The van der Waals surface area contributed by atoms with Crippen LogP contribution in [0.1, 0.15) is 13.3 Å². The topological polar surface area (TPSA) is 116 Å². The Kier molecular flexibility index (Phi) is 4.69. The lowest BCUT2D eigenvalue weighted by atomic mass is 10.0. The van der Waals surface area contributed by atoms with Crippen molar-refractivity contribution in [1.29, 1.82) is 0 Å². The quantitative estimate of drug-likeness (QED) is 0.635. The summed E-state index contributed by atoms with van der Waals surface area (Å²) in [5.74, 6) is 0.0808. The summed E-state index contributed by atoms with van der Waals surface area (Å²) in [7, 11) is -2.48.